The fraction of sp³-hybridized carbons (Fsp3) is 0.833. The number of hydrogen-bond donors (Lipinski definition) is 2. The number of hydrogen-bond acceptors (Lipinski definition) is 5. The van der Waals surface area contributed by atoms with Gasteiger partial charge >= 0.3 is 0 Å². The molecule has 0 aromatic carbocycles. The SMILES string of the molecule is CC(C)(CO)c1nc(CC2CCCNC2)no1. The summed E-state index contributed by atoms with van der Waals surface area (Å²) in [5.41, 5.74) is -0.448. The molecular formula is C12H21N3O2. The molecule has 0 bridgehead atoms. The van der Waals surface area contributed by atoms with Crippen molar-refractivity contribution >= 4 is 0 Å². The van der Waals surface area contributed by atoms with Crippen LogP contribution in [0.25, 0.3) is 0 Å². The van der Waals surface area contributed by atoms with E-state index in [0.29, 0.717) is 11.8 Å². The zero-order valence-corrected chi connectivity index (χ0v) is 10.6. The summed E-state index contributed by atoms with van der Waals surface area (Å²) in [5.74, 6) is 1.89. The van der Waals surface area contributed by atoms with Gasteiger partial charge in [-0.1, -0.05) is 5.16 Å². The van der Waals surface area contributed by atoms with Crippen molar-refractivity contribution in [3.63, 3.8) is 0 Å². The van der Waals surface area contributed by atoms with Gasteiger partial charge in [-0.25, -0.2) is 0 Å². The number of aromatic nitrogens is 2. The van der Waals surface area contributed by atoms with Crippen LogP contribution in [0.2, 0.25) is 0 Å². The maximum Gasteiger partial charge on any atom is 0.234 e. The highest BCUT2D eigenvalue weighted by Gasteiger charge is 2.27. The van der Waals surface area contributed by atoms with E-state index in [2.05, 4.69) is 15.5 Å². The molecule has 1 aliphatic rings. The van der Waals surface area contributed by atoms with E-state index >= 15 is 0 Å². The molecule has 0 spiro atoms. The van der Waals surface area contributed by atoms with Gasteiger partial charge < -0.3 is 14.9 Å². The monoisotopic (exact) mass is 239 g/mol. The molecule has 2 rings (SSSR count). The molecule has 1 aromatic heterocycles. The van der Waals surface area contributed by atoms with Crippen LogP contribution in [0.5, 0.6) is 0 Å². The summed E-state index contributed by atoms with van der Waals surface area (Å²) in [7, 11) is 0. The number of piperidine rings is 1. The van der Waals surface area contributed by atoms with E-state index < -0.39 is 5.41 Å². The summed E-state index contributed by atoms with van der Waals surface area (Å²) in [6, 6.07) is 0. The minimum atomic E-state index is -0.448. The van der Waals surface area contributed by atoms with Gasteiger partial charge in [0.2, 0.25) is 5.89 Å². The highest BCUT2D eigenvalue weighted by Crippen LogP contribution is 2.21. The van der Waals surface area contributed by atoms with Crippen LogP contribution in [-0.2, 0) is 11.8 Å². The lowest BCUT2D eigenvalue weighted by atomic mass is 9.94. The van der Waals surface area contributed by atoms with Crippen molar-refractivity contribution in [2.45, 2.75) is 38.5 Å². The Kier molecular flexibility index (Phi) is 3.79. The highest BCUT2D eigenvalue weighted by atomic mass is 16.5. The zero-order chi connectivity index (χ0) is 12.3. The molecule has 0 aliphatic carbocycles. The molecule has 17 heavy (non-hydrogen) atoms. The molecular weight excluding hydrogens is 218 g/mol. The average Bonchev–Trinajstić information content (AvgIpc) is 2.80. The molecule has 0 saturated carbocycles. The van der Waals surface area contributed by atoms with E-state index in [9.17, 15) is 5.11 Å². The van der Waals surface area contributed by atoms with Gasteiger partial charge in [-0.2, -0.15) is 4.98 Å². The Morgan fingerprint density at radius 2 is 2.35 bits per heavy atom. The Hall–Kier alpha value is -0.940. The predicted octanol–water partition coefficient (Wildman–Crippen LogP) is 0.882. The van der Waals surface area contributed by atoms with Crippen LogP contribution in [0.4, 0.5) is 0 Å². The van der Waals surface area contributed by atoms with Crippen molar-refractivity contribution in [2.75, 3.05) is 19.7 Å². The Bertz CT molecular complexity index is 356. The van der Waals surface area contributed by atoms with Crippen LogP contribution >= 0.6 is 0 Å². The smallest absolute Gasteiger partial charge is 0.234 e. The largest absolute Gasteiger partial charge is 0.395 e. The first-order chi connectivity index (χ1) is 8.12. The lowest BCUT2D eigenvalue weighted by Crippen LogP contribution is -2.31. The fourth-order valence-corrected chi connectivity index (χ4v) is 2.04. The van der Waals surface area contributed by atoms with Crippen molar-refractivity contribution < 1.29 is 9.63 Å². The molecule has 5 nitrogen and oxygen atoms in total. The Labute approximate surface area is 102 Å². The molecule has 5 heteroatoms. The van der Waals surface area contributed by atoms with Gasteiger partial charge in [0.25, 0.3) is 0 Å². The Morgan fingerprint density at radius 3 is 3.00 bits per heavy atom. The lowest BCUT2D eigenvalue weighted by molar-refractivity contribution is 0.182. The van der Waals surface area contributed by atoms with E-state index in [-0.39, 0.29) is 6.61 Å². The first-order valence-corrected chi connectivity index (χ1v) is 6.26. The minimum absolute atomic E-state index is 0.0135. The molecule has 0 radical (unpaired) electrons. The summed E-state index contributed by atoms with van der Waals surface area (Å²) in [6.45, 7) is 5.96. The Balaban J connectivity index is 1.98. The average molecular weight is 239 g/mol. The zero-order valence-electron chi connectivity index (χ0n) is 10.6. The second kappa shape index (κ2) is 5.14. The minimum Gasteiger partial charge on any atom is -0.395 e. The fourth-order valence-electron chi connectivity index (χ4n) is 2.04. The quantitative estimate of drug-likeness (QED) is 0.816. The van der Waals surface area contributed by atoms with E-state index in [0.717, 1.165) is 25.3 Å². The van der Waals surface area contributed by atoms with Gasteiger partial charge in [-0.05, 0) is 45.7 Å². The van der Waals surface area contributed by atoms with Crippen molar-refractivity contribution in [1.82, 2.24) is 15.5 Å². The maximum atomic E-state index is 9.24. The van der Waals surface area contributed by atoms with Crippen molar-refractivity contribution in [3.8, 4) is 0 Å². The summed E-state index contributed by atoms with van der Waals surface area (Å²) >= 11 is 0. The highest BCUT2D eigenvalue weighted by molar-refractivity contribution is 5.01. The third-order valence-corrected chi connectivity index (χ3v) is 3.31. The van der Waals surface area contributed by atoms with Crippen LogP contribution < -0.4 is 5.32 Å². The van der Waals surface area contributed by atoms with Crippen LogP contribution in [0.1, 0.15) is 38.4 Å². The van der Waals surface area contributed by atoms with Gasteiger partial charge in [0, 0.05) is 6.42 Å². The maximum absolute atomic E-state index is 9.24. The van der Waals surface area contributed by atoms with Gasteiger partial charge in [0.05, 0.1) is 12.0 Å². The summed E-state index contributed by atoms with van der Waals surface area (Å²) in [4.78, 5) is 4.38. The number of rotatable bonds is 4. The molecule has 0 amide bonds. The second-order valence-corrected chi connectivity index (χ2v) is 5.47. The van der Waals surface area contributed by atoms with E-state index in [1.807, 2.05) is 13.8 Å². The van der Waals surface area contributed by atoms with Crippen LogP contribution in [0, 0.1) is 5.92 Å². The third kappa shape index (κ3) is 3.04. The van der Waals surface area contributed by atoms with Gasteiger partial charge in [0.1, 0.15) is 0 Å². The predicted molar refractivity (Wildman–Crippen MR) is 63.7 cm³/mol. The molecule has 2 heterocycles. The summed E-state index contributed by atoms with van der Waals surface area (Å²) in [5, 5.41) is 16.6. The summed E-state index contributed by atoms with van der Waals surface area (Å²) in [6.07, 6.45) is 3.30. The van der Waals surface area contributed by atoms with Crippen LogP contribution in [0.15, 0.2) is 4.52 Å². The molecule has 1 unspecified atom stereocenters. The van der Waals surface area contributed by atoms with Crippen LogP contribution in [-0.4, -0.2) is 34.9 Å². The van der Waals surface area contributed by atoms with Crippen molar-refractivity contribution in [1.29, 1.82) is 0 Å². The van der Waals surface area contributed by atoms with Crippen LogP contribution in [0.3, 0.4) is 0 Å². The van der Waals surface area contributed by atoms with Gasteiger partial charge in [-0.3, -0.25) is 0 Å². The first-order valence-electron chi connectivity index (χ1n) is 6.26. The molecule has 1 aliphatic heterocycles. The van der Waals surface area contributed by atoms with E-state index in [1.54, 1.807) is 0 Å². The number of nitrogens with zero attached hydrogens (tertiary/aromatic N) is 2. The number of nitrogens with one attached hydrogen (secondary N) is 1. The van der Waals surface area contributed by atoms with Crippen molar-refractivity contribution in [2.24, 2.45) is 5.92 Å². The Morgan fingerprint density at radius 1 is 1.53 bits per heavy atom. The van der Waals surface area contributed by atoms with E-state index in [1.165, 1.54) is 12.8 Å². The standard InChI is InChI=1S/C12H21N3O2/c1-12(2,8-16)11-14-10(15-17-11)6-9-4-3-5-13-7-9/h9,13,16H,3-8H2,1-2H3. The van der Waals surface area contributed by atoms with Gasteiger partial charge in [0.15, 0.2) is 5.82 Å². The normalized spacial score (nSPS) is 21.7. The first kappa shape index (κ1) is 12.5. The van der Waals surface area contributed by atoms with E-state index in [4.69, 9.17) is 4.52 Å². The molecule has 1 fully saturated rings. The second-order valence-electron chi connectivity index (χ2n) is 5.47. The number of aliphatic hydroxyl groups is 1. The van der Waals surface area contributed by atoms with Crippen molar-refractivity contribution in [3.05, 3.63) is 11.7 Å². The molecule has 2 N–H and O–H groups in total. The van der Waals surface area contributed by atoms with Gasteiger partial charge in [-0.15, -0.1) is 0 Å². The third-order valence-electron chi connectivity index (χ3n) is 3.31. The molecule has 1 saturated heterocycles. The molecule has 96 valence electrons. The number of aliphatic hydroxyl groups excluding tert-OH is 1. The molecule has 1 atom stereocenters. The lowest BCUT2D eigenvalue weighted by Gasteiger charge is -2.21. The topological polar surface area (TPSA) is 71.2 Å². The molecule has 1 aromatic rings. The summed E-state index contributed by atoms with van der Waals surface area (Å²) < 4.78 is 5.22.